The van der Waals surface area contributed by atoms with Crippen LogP contribution in [0.15, 0.2) is 54.1 Å². The molecule has 0 spiro atoms. The molecule has 6 nitrogen and oxygen atoms in total. The Morgan fingerprint density at radius 3 is 2.62 bits per heavy atom. The Balaban J connectivity index is 1.86. The van der Waals surface area contributed by atoms with E-state index >= 15 is 0 Å². The van der Waals surface area contributed by atoms with E-state index in [4.69, 9.17) is 4.74 Å². The van der Waals surface area contributed by atoms with E-state index in [-0.39, 0.29) is 17.7 Å². The van der Waals surface area contributed by atoms with Crippen molar-refractivity contribution < 1.29 is 14.5 Å². The number of fused-ring (bicyclic) bond motifs is 3. The maximum atomic E-state index is 12.4. The van der Waals surface area contributed by atoms with Gasteiger partial charge in [-0.15, -0.1) is 0 Å². The molecule has 1 atom stereocenters. The van der Waals surface area contributed by atoms with Gasteiger partial charge in [-0.25, -0.2) is 4.79 Å². The molecular formula is C20H18N2O4. The summed E-state index contributed by atoms with van der Waals surface area (Å²) in [5.41, 5.74) is 4.83. The van der Waals surface area contributed by atoms with E-state index in [1.165, 1.54) is 30.4 Å². The van der Waals surface area contributed by atoms with Gasteiger partial charge in [0.2, 0.25) is 0 Å². The first-order valence-corrected chi connectivity index (χ1v) is 8.48. The molecule has 2 aliphatic rings. The van der Waals surface area contributed by atoms with E-state index in [0.29, 0.717) is 12.1 Å². The number of methoxy groups -OCH3 is 1. The molecule has 2 heterocycles. The molecule has 2 aromatic carbocycles. The molecule has 4 rings (SSSR count). The summed E-state index contributed by atoms with van der Waals surface area (Å²) >= 11 is 0. The number of nitrogens with zero attached hydrogens (tertiary/aromatic N) is 2. The van der Waals surface area contributed by atoms with Crippen LogP contribution in [0, 0.1) is 10.1 Å². The van der Waals surface area contributed by atoms with Gasteiger partial charge in [-0.1, -0.05) is 24.3 Å². The third-order valence-corrected chi connectivity index (χ3v) is 5.16. The lowest BCUT2D eigenvalue weighted by Crippen LogP contribution is -2.33. The first kappa shape index (κ1) is 16.5. The van der Waals surface area contributed by atoms with Crippen molar-refractivity contribution in [1.29, 1.82) is 0 Å². The second-order valence-corrected chi connectivity index (χ2v) is 6.51. The quantitative estimate of drug-likeness (QED) is 0.483. The van der Waals surface area contributed by atoms with Crippen LogP contribution in [0.25, 0.3) is 5.57 Å². The number of carbonyl (C=O) groups excluding carboxylic acids is 1. The lowest BCUT2D eigenvalue weighted by molar-refractivity contribution is -0.384. The molecule has 0 N–H and O–H groups in total. The number of hydrogen-bond acceptors (Lipinski definition) is 5. The number of benzene rings is 2. The fourth-order valence-electron chi connectivity index (χ4n) is 3.97. The molecular weight excluding hydrogens is 332 g/mol. The molecule has 0 aliphatic carbocycles. The third kappa shape index (κ3) is 2.59. The number of nitro benzene ring substituents is 1. The molecule has 0 bridgehead atoms. The van der Waals surface area contributed by atoms with Gasteiger partial charge in [0.15, 0.2) is 0 Å². The van der Waals surface area contributed by atoms with E-state index in [2.05, 4.69) is 17.0 Å². The standard InChI is InChI=1S/C20H18N2O4/c1-26-20(23)17-12-21-11-10-13-4-2-3-5-16(13)19(21)18(17)14-6-8-15(9-7-14)22(24)25/h2-9,19H,10-12H2,1H3. The fraction of sp³-hybridized carbons (Fsp3) is 0.250. The maximum absolute atomic E-state index is 12.4. The summed E-state index contributed by atoms with van der Waals surface area (Å²) in [6, 6.07) is 14.6. The van der Waals surface area contributed by atoms with Crippen LogP contribution in [-0.2, 0) is 16.0 Å². The van der Waals surface area contributed by atoms with E-state index in [9.17, 15) is 14.9 Å². The highest BCUT2D eigenvalue weighted by Crippen LogP contribution is 2.46. The highest BCUT2D eigenvalue weighted by atomic mass is 16.6. The van der Waals surface area contributed by atoms with E-state index in [1.807, 2.05) is 12.1 Å². The van der Waals surface area contributed by atoms with Crippen molar-refractivity contribution in [2.45, 2.75) is 12.5 Å². The molecule has 2 aliphatic heterocycles. The average molecular weight is 350 g/mol. The first-order valence-electron chi connectivity index (χ1n) is 8.48. The smallest absolute Gasteiger partial charge is 0.335 e. The van der Waals surface area contributed by atoms with Gasteiger partial charge in [-0.05, 0) is 40.8 Å². The van der Waals surface area contributed by atoms with E-state index < -0.39 is 4.92 Å². The summed E-state index contributed by atoms with van der Waals surface area (Å²) in [6.07, 6.45) is 0.939. The van der Waals surface area contributed by atoms with Crippen LogP contribution in [0.5, 0.6) is 0 Å². The Kier molecular flexibility index (Phi) is 4.05. The fourth-order valence-corrected chi connectivity index (χ4v) is 3.97. The summed E-state index contributed by atoms with van der Waals surface area (Å²) in [7, 11) is 1.38. The number of rotatable bonds is 3. The molecule has 0 aromatic heterocycles. The Morgan fingerprint density at radius 2 is 1.92 bits per heavy atom. The van der Waals surface area contributed by atoms with Gasteiger partial charge in [0.05, 0.1) is 23.6 Å². The predicted molar refractivity (Wildman–Crippen MR) is 96.5 cm³/mol. The highest BCUT2D eigenvalue weighted by Gasteiger charge is 2.40. The van der Waals surface area contributed by atoms with Crippen LogP contribution in [0.2, 0.25) is 0 Å². The molecule has 26 heavy (non-hydrogen) atoms. The molecule has 0 amide bonds. The van der Waals surface area contributed by atoms with Gasteiger partial charge in [0.25, 0.3) is 5.69 Å². The largest absolute Gasteiger partial charge is 0.466 e. The molecule has 0 saturated heterocycles. The lowest BCUT2D eigenvalue weighted by Gasteiger charge is -2.33. The summed E-state index contributed by atoms with van der Waals surface area (Å²) in [6.45, 7) is 1.39. The minimum absolute atomic E-state index is 0.0319. The van der Waals surface area contributed by atoms with Gasteiger partial charge in [0, 0.05) is 25.2 Å². The monoisotopic (exact) mass is 350 g/mol. The van der Waals surface area contributed by atoms with Crippen LogP contribution in [0.3, 0.4) is 0 Å². The zero-order chi connectivity index (χ0) is 18.3. The van der Waals surface area contributed by atoms with Crippen LogP contribution >= 0.6 is 0 Å². The predicted octanol–water partition coefficient (Wildman–Crippen LogP) is 3.13. The van der Waals surface area contributed by atoms with Crippen molar-refractivity contribution in [2.75, 3.05) is 20.2 Å². The number of hydrogen-bond donors (Lipinski definition) is 0. The van der Waals surface area contributed by atoms with Crippen molar-refractivity contribution in [3.8, 4) is 0 Å². The van der Waals surface area contributed by atoms with Crippen molar-refractivity contribution >= 4 is 17.2 Å². The summed E-state index contributed by atoms with van der Waals surface area (Å²) in [5.74, 6) is -0.342. The number of ether oxygens (including phenoxy) is 1. The molecule has 6 heteroatoms. The minimum Gasteiger partial charge on any atom is -0.466 e. The minimum atomic E-state index is -0.420. The summed E-state index contributed by atoms with van der Waals surface area (Å²) in [4.78, 5) is 25.2. The third-order valence-electron chi connectivity index (χ3n) is 5.16. The average Bonchev–Trinajstić information content (AvgIpc) is 3.07. The van der Waals surface area contributed by atoms with E-state index in [0.717, 1.165) is 24.1 Å². The Bertz CT molecular complexity index is 918. The van der Waals surface area contributed by atoms with Crippen molar-refractivity contribution in [2.24, 2.45) is 0 Å². The number of esters is 1. The molecule has 0 fully saturated rings. The lowest BCUT2D eigenvalue weighted by atomic mass is 9.86. The molecule has 132 valence electrons. The molecule has 1 unspecified atom stereocenters. The zero-order valence-electron chi connectivity index (χ0n) is 14.3. The van der Waals surface area contributed by atoms with Crippen LogP contribution < -0.4 is 0 Å². The van der Waals surface area contributed by atoms with Crippen molar-refractivity contribution in [1.82, 2.24) is 4.90 Å². The molecule has 0 saturated carbocycles. The van der Waals surface area contributed by atoms with Gasteiger partial charge in [0.1, 0.15) is 0 Å². The number of non-ortho nitro benzene ring substituents is 1. The Morgan fingerprint density at radius 1 is 1.19 bits per heavy atom. The van der Waals surface area contributed by atoms with Gasteiger partial charge in [-0.3, -0.25) is 15.0 Å². The van der Waals surface area contributed by atoms with Crippen LogP contribution in [0.1, 0.15) is 22.7 Å². The van der Waals surface area contributed by atoms with Gasteiger partial charge >= 0.3 is 5.97 Å². The van der Waals surface area contributed by atoms with Gasteiger partial charge in [-0.2, -0.15) is 0 Å². The van der Waals surface area contributed by atoms with Crippen molar-refractivity contribution in [3.63, 3.8) is 0 Å². The normalized spacial score (nSPS) is 19.0. The summed E-state index contributed by atoms with van der Waals surface area (Å²) in [5, 5.41) is 11.0. The number of nitro groups is 1. The SMILES string of the molecule is COC(=O)C1=C(c2ccc([N+](=O)[O-])cc2)C2c3ccccc3CCN2C1. The van der Waals surface area contributed by atoms with E-state index in [1.54, 1.807) is 12.1 Å². The first-order chi connectivity index (χ1) is 12.6. The maximum Gasteiger partial charge on any atom is 0.335 e. The zero-order valence-corrected chi connectivity index (χ0v) is 14.3. The van der Waals surface area contributed by atoms with Crippen LogP contribution in [0.4, 0.5) is 5.69 Å². The second-order valence-electron chi connectivity index (χ2n) is 6.51. The topological polar surface area (TPSA) is 72.7 Å². The highest BCUT2D eigenvalue weighted by molar-refractivity contribution is 6.01. The van der Waals surface area contributed by atoms with Gasteiger partial charge < -0.3 is 4.74 Å². The Hall–Kier alpha value is -2.99. The second kappa shape index (κ2) is 6.38. The molecule has 0 radical (unpaired) electrons. The summed E-state index contributed by atoms with van der Waals surface area (Å²) < 4.78 is 5.01. The van der Waals surface area contributed by atoms with Crippen LogP contribution in [-0.4, -0.2) is 36.0 Å². The van der Waals surface area contributed by atoms with Crippen molar-refractivity contribution in [3.05, 3.63) is 80.9 Å². The Labute approximate surface area is 150 Å². The number of carbonyl (C=O) groups is 1. The molecule has 2 aromatic rings.